The molecule has 0 bridgehead atoms. The van der Waals surface area contributed by atoms with Crippen molar-refractivity contribution in [3.05, 3.63) is 97.2 Å². The Hall–Kier alpha value is -3.67. The van der Waals surface area contributed by atoms with Crippen molar-refractivity contribution in [1.29, 1.82) is 0 Å². The second kappa shape index (κ2) is 66.8. The van der Waals surface area contributed by atoms with Crippen molar-refractivity contribution in [2.45, 2.75) is 335 Å². The average Bonchev–Trinajstić information content (AvgIpc) is 3.45. The van der Waals surface area contributed by atoms with Gasteiger partial charge in [0.15, 0.2) is 6.10 Å². The van der Waals surface area contributed by atoms with E-state index in [9.17, 15) is 14.4 Å². The SMILES string of the molecule is CC/C=C\C/C=C\C/C=C\C/C=C\C/C=C\CCCCCCCCCC(=O)OC(COC(=O)CCCCCCC/C=C\CCCC)COC(=O)CCCCCCCCCCCCCCCCC/C=C\C/C=C\CCCCCCC. The van der Waals surface area contributed by atoms with Crippen molar-refractivity contribution >= 4 is 17.9 Å². The van der Waals surface area contributed by atoms with Crippen molar-refractivity contribution in [3.8, 4) is 0 Å². The maximum atomic E-state index is 12.9. The molecule has 1 atom stereocenters. The third-order valence-electron chi connectivity index (χ3n) is 14.5. The lowest BCUT2D eigenvalue weighted by Gasteiger charge is -2.18. The Morgan fingerprint density at radius 2 is 0.506 bits per heavy atom. The van der Waals surface area contributed by atoms with Gasteiger partial charge < -0.3 is 14.2 Å². The number of carbonyl (C=O) groups excluding carboxylic acids is 3. The maximum absolute atomic E-state index is 12.9. The highest BCUT2D eigenvalue weighted by molar-refractivity contribution is 5.71. The quantitative estimate of drug-likeness (QED) is 0.0261. The number of ether oxygens (including phenoxy) is 3. The second-order valence-corrected chi connectivity index (χ2v) is 22.3. The fourth-order valence-electron chi connectivity index (χ4n) is 9.48. The van der Waals surface area contributed by atoms with E-state index in [1.54, 1.807) is 0 Å². The molecule has 6 heteroatoms. The van der Waals surface area contributed by atoms with E-state index in [0.717, 1.165) is 109 Å². The molecule has 0 radical (unpaired) electrons. The lowest BCUT2D eigenvalue weighted by atomic mass is 10.0. The van der Waals surface area contributed by atoms with Gasteiger partial charge in [0, 0.05) is 19.3 Å². The van der Waals surface area contributed by atoms with Crippen molar-refractivity contribution in [2.75, 3.05) is 13.2 Å². The first kappa shape index (κ1) is 75.3. The van der Waals surface area contributed by atoms with E-state index < -0.39 is 6.10 Å². The van der Waals surface area contributed by atoms with Crippen molar-refractivity contribution < 1.29 is 28.6 Å². The Kier molecular flexibility index (Phi) is 63.7. The summed E-state index contributed by atoms with van der Waals surface area (Å²) in [7, 11) is 0. The van der Waals surface area contributed by atoms with E-state index >= 15 is 0 Å². The Labute approximate surface area is 489 Å². The van der Waals surface area contributed by atoms with Gasteiger partial charge in [-0.2, -0.15) is 0 Å². The van der Waals surface area contributed by atoms with Crippen LogP contribution in [-0.4, -0.2) is 37.2 Å². The number of unbranched alkanes of at least 4 members (excludes halogenated alkanes) is 34. The van der Waals surface area contributed by atoms with Gasteiger partial charge in [-0.25, -0.2) is 0 Å². The molecule has 0 aromatic carbocycles. The van der Waals surface area contributed by atoms with Crippen LogP contribution < -0.4 is 0 Å². The Morgan fingerprint density at radius 3 is 0.823 bits per heavy atom. The van der Waals surface area contributed by atoms with E-state index in [1.807, 2.05) is 0 Å². The maximum Gasteiger partial charge on any atom is 0.306 e. The van der Waals surface area contributed by atoms with Gasteiger partial charge in [-0.3, -0.25) is 14.4 Å². The molecule has 79 heavy (non-hydrogen) atoms. The van der Waals surface area contributed by atoms with Gasteiger partial charge in [0.05, 0.1) is 0 Å². The molecule has 0 fully saturated rings. The summed E-state index contributed by atoms with van der Waals surface area (Å²) >= 11 is 0. The van der Waals surface area contributed by atoms with E-state index in [1.165, 1.54) is 180 Å². The molecule has 0 N–H and O–H groups in total. The van der Waals surface area contributed by atoms with Gasteiger partial charge in [0.25, 0.3) is 0 Å². The molecular formula is C73H126O6. The third-order valence-corrected chi connectivity index (χ3v) is 14.5. The molecule has 0 rings (SSSR count). The van der Waals surface area contributed by atoms with Gasteiger partial charge in [0.2, 0.25) is 0 Å². The van der Waals surface area contributed by atoms with E-state index in [4.69, 9.17) is 14.2 Å². The minimum atomic E-state index is -0.788. The third kappa shape index (κ3) is 65.0. The standard InChI is InChI=1S/C73H126O6/c1-4-7-10-13-16-19-22-24-26-28-30-32-34-35-36-37-39-40-42-44-46-48-51-54-57-60-63-66-72(75)78-69-70(68-77-71(74)65-62-59-56-53-50-21-18-15-12-9-6-3)79-73(76)67-64-61-58-55-52-49-47-45-43-41-38-33-31-29-27-25-23-20-17-14-11-8-5-2/h8,11,15,17-18,20,22,24-25,27-28,30-31,33,41,43,70H,4-7,9-10,12-14,16,19,21,23,26,29,32,34-40,42,44-69H2,1-3H3/b11-8-,18-15-,20-17-,24-22-,27-25-,30-28-,33-31-,43-41-. The molecule has 0 aromatic heterocycles. The van der Waals surface area contributed by atoms with Crippen LogP contribution in [0.3, 0.4) is 0 Å². The molecule has 6 nitrogen and oxygen atoms in total. The zero-order chi connectivity index (χ0) is 57.1. The van der Waals surface area contributed by atoms with Crippen LogP contribution in [0, 0.1) is 0 Å². The van der Waals surface area contributed by atoms with Crippen molar-refractivity contribution in [2.24, 2.45) is 0 Å². The molecule has 0 aliphatic carbocycles. The normalized spacial score (nSPS) is 12.7. The zero-order valence-corrected chi connectivity index (χ0v) is 52.1. The number of allylic oxidation sites excluding steroid dienone is 16. The topological polar surface area (TPSA) is 78.9 Å². The van der Waals surface area contributed by atoms with Crippen LogP contribution in [0.15, 0.2) is 97.2 Å². The highest BCUT2D eigenvalue weighted by atomic mass is 16.6. The van der Waals surface area contributed by atoms with E-state index in [-0.39, 0.29) is 31.1 Å². The van der Waals surface area contributed by atoms with Crippen LogP contribution in [-0.2, 0) is 28.6 Å². The highest BCUT2D eigenvalue weighted by Gasteiger charge is 2.19. The summed E-state index contributed by atoms with van der Waals surface area (Å²) in [6.45, 7) is 6.49. The van der Waals surface area contributed by atoms with Crippen LogP contribution in [0.4, 0.5) is 0 Å². The Morgan fingerprint density at radius 1 is 0.266 bits per heavy atom. The first-order chi connectivity index (χ1) is 39.0. The second-order valence-electron chi connectivity index (χ2n) is 22.3. The number of esters is 3. The van der Waals surface area contributed by atoms with E-state index in [2.05, 4.69) is 118 Å². The van der Waals surface area contributed by atoms with Gasteiger partial charge in [-0.1, -0.05) is 291 Å². The Balaban J connectivity index is 4.26. The molecular weight excluding hydrogens is 973 g/mol. The van der Waals surface area contributed by atoms with Crippen LogP contribution in [0.25, 0.3) is 0 Å². The van der Waals surface area contributed by atoms with Gasteiger partial charge >= 0.3 is 17.9 Å². The summed E-state index contributed by atoms with van der Waals surface area (Å²) < 4.78 is 16.9. The van der Waals surface area contributed by atoms with Crippen molar-refractivity contribution in [1.82, 2.24) is 0 Å². The van der Waals surface area contributed by atoms with Gasteiger partial charge in [0.1, 0.15) is 13.2 Å². The van der Waals surface area contributed by atoms with Crippen molar-refractivity contribution in [3.63, 3.8) is 0 Å². The van der Waals surface area contributed by atoms with Gasteiger partial charge in [-0.05, 0) is 116 Å². The van der Waals surface area contributed by atoms with E-state index in [0.29, 0.717) is 19.3 Å². The predicted octanol–water partition coefficient (Wildman–Crippen LogP) is 23.2. The first-order valence-corrected chi connectivity index (χ1v) is 33.7. The first-order valence-electron chi connectivity index (χ1n) is 33.7. The summed E-state index contributed by atoms with van der Waals surface area (Å²) in [5, 5.41) is 0. The smallest absolute Gasteiger partial charge is 0.306 e. The molecule has 0 aromatic rings. The molecule has 0 amide bonds. The number of hydrogen-bond acceptors (Lipinski definition) is 6. The lowest BCUT2D eigenvalue weighted by molar-refractivity contribution is -0.167. The molecule has 0 saturated carbocycles. The summed E-state index contributed by atoms with van der Waals surface area (Å²) in [6, 6.07) is 0. The fraction of sp³-hybridized carbons (Fsp3) is 0.740. The largest absolute Gasteiger partial charge is 0.462 e. The summed E-state index contributed by atoms with van der Waals surface area (Å²) in [5.41, 5.74) is 0. The van der Waals surface area contributed by atoms with Crippen LogP contribution in [0.1, 0.15) is 329 Å². The number of carbonyl (C=O) groups is 3. The summed E-state index contributed by atoms with van der Waals surface area (Å²) in [5.74, 6) is -0.894. The summed E-state index contributed by atoms with van der Waals surface area (Å²) in [6.07, 6.45) is 90.0. The highest BCUT2D eigenvalue weighted by Crippen LogP contribution is 2.17. The molecule has 0 spiro atoms. The molecule has 0 aliphatic rings. The lowest BCUT2D eigenvalue weighted by Crippen LogP contribution is -2.30. The van der Waals surface area contributed by atoms with Crippen LogP contribution in [0.5, 0.6) is 0 Å². The van der Waals surface area contributed by atoms with Crippen LogP contribution in [0.2, 0.25) is 0 Å². The molecule has 0 aliphatic heterocycles. The minimum Gasteiger partial charge on any atom is -0.462 e. The monoisotopic (exact) mass is 1100 g/mol. The Bertz CT molecular complexity index is 1540. The summed E-state index contributed by atoms with van der Waals surface area (Å²) in [4.78, 5) is 38.3. The molecule has 0 heterocycles. The predicted molar refractivity (Wildman–Crippen MR) is 344 cm³/mol. The molecule has 1 unspecified atom stereocenters. The number of hydrogen-bond donors (Lipinski definition) is 0. The molecule has 454 valence electrons. The van der Waals surface area contributed by atoms with Gasteiger partial charge in [-0.15, -0.1) is 0 Å². The fourth-order valence-corrected chi connectivity index (χ4v) is 9.48. The van der Waals surface area contributed by atoms with Crippen LogP contribution >= 0.6 is 0 Å². The molecule has 0 saturated heterocycles. The number of rotatable bonds is 61. The average molecular weight is 1100 g/mol. The zero-order valence-electron chi connectivity index (χ0n) is 52.1. The minimum absolute atomic E-state index is 0.0833.